The number of azide groups is 1. The first-order valence-corrected chi connectivity index (χ1v) is 4.87. The van der Waals surface area contributed by atoms with Crippen molar-refractivity contribution in [1.82, 2.24) is 0 Å². The maximum Gasteiger partial charge on any atom is 0.418 e. The lowest BCUT2D eigenvalue weighted by Crippen LogP contribution is -2.24. The minimum atomic E-state index is -4.56. The molecule has 1 aromatic carbocycles. The van der Waals surface area contributed by atoms with Crippen LogP contribution in [0.3, 0.4) is 0 Å². The number of hydrogen-bond acceptors (Lipinski definition) is 2. The summed E-state index contributed by atoms with van der Waals surface area (Å²) < 4.78 is 37.8. The van der Waals surface area contributed by atoms with Gasteiger partial charge in [-0.1, -0.05) is 17.2 Å². The summed E-state index contributed by atoms with van der Waals surface area (Å²) >= 11 is 0. The molecule has 0 aromatic heterocycles. The number of benzene rings is 1. The Balaban J connectivity index is 2.98. The second kappa shape index (κ2) is 5.42. The van der Waals surface area contributed by atoms with E-state index in [9.17, 15) is 18.0 Å². The van der Waals surface area contributed by atoms with Gasteiger partial charge in [-0.2, -0.15) is 13.2 Å². The molecule has 1 aromatic rings. The van der Waals surface area contributed by atoms with Crippen LogP contribution in [0.15, 0.2) is 29.4 Å². The molecule has 0 saturated heterocycles. The zero-order valence-electron chi connectivity index (χ0n) is 9.27. The smallest absolute Gasteiger partial charge is 0.325 e. The monoisotopic (exact) mass is 258 g/mol. The van der Waals surface area contributed by atoms with E-state index in [1.807, 2.05) is 0 Å². The maximum atomic E-state index is 12.6. The highest BCUT2D eigenvalue weighted by Gasteiger charge is 2.33. The number of carbonyl (C=O) groups is 1. The van der Waals surface area contributed by atoms with E-state index in [1.165, 1.54) is 19.1 Å². The van der Waals surface area contributed by atoms with E-state index in [0.717, 1.165) is 12.1 Å². The molecule has 5 nitrogen and oxygen atoms in total. The Morgan fingerprint density at radius 2 is 2.06 bits per heavy atom. The highest BCUT2D eigenvalue weighted by atomic mass is 19.4. The van der Waals surface area contributed by atoms with Crippen LogP contribution >= 0.6 is 0 Å². The van der Waals surface area contributed by atoms with Crippen molar-refractivity contribution >= 4 is 11.6 Å². The summed E-state index contributed by atoms with van der Waals surface area (Å²) in [5.74, 6) is -0.801. The fraction of sp³-hybridized carbons (Fsp3) is 0.300. The zero-order chi connectivity index (χ0) is 13.8. The molecule has 1 N–H and O–H groups in total. The third kappa shape index (κ3) is 3.39. The summed E-state index contributed by atoms with van der Waals surface area (Å²) in [5.41, 5.74) is 6.82. The van der Waals surface area contributed by atoms with E-state index in [4.69, 9.17) is 5.53 Å². The quantitative estimate of drug-likeness (QED) is 0.503. The van der Waals surface area contributed by atoms with Gasteiger partial charge in [-0.15, -0.1) is 0 Å². The minimum Gasteiger partial charge on any atom is -0.325 e. The molecular formula is C10H9F3N4O. The normalized spacial score (nSPS) is 12.4. The Bertz CT molecular complexity index is 494. The summed E-state index contributed by atoms with van der Waals surface area (Å²) in [5, 5.41) is 5.18. The van der Waals surface area contributed by atoms with Crippen molar-refractivity contribution in [3.63, 3.8) is 0 Å². The molecule has 1 atom stereocenters. The van der Waals surface area contributed by atoms with Gasteiger partial charge in [0, 0.05) is 4.91 Å². The average molecular weight is 258 g/mol. The molecule has 96 valence electrons. The first kappa shape index (κ1) is 13.9. The Kier molecular flexibility index (Phi) is 4.17. The Hall–Kier alpha value is -2.21. The highest BCUT2D eigenvalue weighted by Crippen LogP contribution is 2.34. The lowest BCUT2D eigenvalue weighted by molar-refractivity contribution is -0.137. The lowest BCUT2D eigenvalue weighted by atomic mass is 10.1. The fourth-order valence-electron chi connectivity index (χ4n) is 1.21. The van der Waals surface area contributed by atoms with Gasteiger partial charge in [0.2, 0.25) is 5.91 Å². The van der Waals surface area contributed by atoms with Crippen molar-refractivity contribution in [2.24, 2.45) is 5.11 Å². The van der Waals surface area contributed by atoms with Crippen molar-refractivity contribution in [2.45, 2.75) is 19.1 Å². The van der Waals surface area contributed by atoms with Crippen LogP contribution in [-0.2, 0) is 11.0 Å². The summed E-state index contributed by atoms with van der Waals surface area (Å²) in [6, 6.07) is 3.48. The molecular weight excluding hydrogens is 249 g/mol. The molecule has 0 spiro atoms. The van der Waals surface area contributed by atoms with E-state index in [2.05, 4.69) is 15.3 Å². The lowest BCUT2D eigenvalue weighted by Gasteiger charge is -2.14. The fourth-order valence-corrected chi connectivity index (χ4v) is 1.21. The molecule has 0 aliphatic heterocycles. The van der Waals surface area contributed by atoms with E-state index < -0.39 is 23.7 Å². The predicted molar refractivity (Wildman–Crippen MR) is 58.7 cm³/mol. The van der Waals surface area contributed by atoms with Gasteiger partial charge in [0.1, 0.15) is 6.04 Å². The molecule has 18 heavy (non-hydrogen) atoms. The average Bonchev–Trinajstić information content (AvgIpc) is 2.28. The topological polar surface area (TPSA) is 77.9 Å². The van der Waals surface area contributed by atoms with Crippen molar-refractivity contribution in [3.8, 4) is 0 Å². The maximum absolute atomic E-state index is 12.6. The second-order valence-electron chi connectivity index (χ2n) is 3.41. The Morgan fingerprint density at radius 1 is 1.44 bits per heavy atom. The first-order valence-electron chi connectivity index (χ1n) is 4.87. The molecule has 8 heteroatoms. The van der Waals surface area contributed by atoms with Crippen LogP contribution in [0.5, 0.6) is 0 Å². The molecule has 0 bridgehead atoms. The number of rotatable bonds is 3. The molecule has 1 amide bonds. The SMILES string of the molecule is CC(N=[N+]=[N-])C(=O)Nc1ccccc1C(F)(F)F. The summed E-state index contributed by atoms with van der Waals surface area (Å²) in [7, 11) is 0. The largest absolute Gasteiger partial charge is 0.418 e. The summed E-state index contributed by atoms with van der Waals surface area (Å²) in [6.45, 7) is 1.28. The number of carbonyl (C=O) groups excluding carboxylic acids is 1. The molecule has 0 aliphatic carbocycles. The molecule has 0 fully saturated rings. The zero-order valence-corrected chi connectivity index (χ0v) is 9.27. The van der Waals surface area contributed by atoms with Crippen molar-refractivity contribution < 1.29 is 18.0 Å². The molecule has 0 heterocycles. The van der Waals surface area contributed by atoms with Crippen molar-refractivity contribution in [1.29, 1.82) is 0 Å². The number of anilines is 1. The number of para-hydroxylation sites is 1. The highest BCUT2D eigenvalue weighted by molar-refractivity contribution is 5.95. The van der Waals surface area contributed by atoms with E-state index in [1.54, 1.807) is 0 Å². The van der Waals surface area contributed by atoms with Crippen LogP contribution < -0.4 is 5.32 Å². The number of alkyl halides is 3. The van der Waals surface area contributed by atoms with Gasteiger partial charge >= 0.3 is 6.18 Å². The van der Waals surface area contributed by atoms with E-state index >= 15 is 0 Å². The second-order valence-corrected chi connectivity index (χ2v) is 3.41. The van der Waals surface area contributed by atoms with Gasteiger partial charge < -0.3 is 5.32 Å². The van der Waals surface area contributed by atoms with Gasteiger partial charge in [-0.05, 0) is 24.6 Å². The first-order chi connectivity index (χ1) is 8.36. The number of nitrogens with zero attached hydrogens (tertiary/aromatic N) is 3. The number of halogens is 3. The van der Waals surface area contributed by atoms with Gasteiger partial charge in [0.05, 0.1) is 11.3 Å². The summed E-state index contributed by atoms with van der Waals surface area (Å²) in [6.07, 6.45) is -4.56. The van der Waals surface area contributed by atoms with Crippen molar-refractivity contribution in [3.05, 3.63) is 40.3 Å². The molecule has 1 rings (SSSR count). The molecule has 0 aliphatic rings. The van der Waals surface area contributed by atoms with Crippen LogP contribution in [0.2, 0.25) is 0 Å². The van der Waals surface area contributed by atoms with E-state index in [-0.39, 0.29) is 5.69 Å². The molecule has 0 radical (unpaired) electrons. The molecule has 0 saturated carbocycles. The van der Waals surface area contributed by atoms with E-state index in [0.29, 0.717) is 0 Å². The third-order valence-corrected chi connectivity index (χ3v) is 2.09. The molecule has 1 unspecified atom stereocenters. The van der Waals surface area contributed by atoms with Crippen LogP contribution in [0, 0.1) is 0 Å². The van der Waals surface area contributed by atoms with Gasteiger partial charge in [-0.3, -0.25) is 4.79 Å². The Morgan fingerprint density at radius 3 is 2.61 bits per heavy atom. The van der Waals surface area contributed by atoms with Gasteiger partial charge in [0.15, 0.2) is 0 Å². The van der Waals surface area contributed by atoms with Crippen LogP contribution in [0.1, 0.15) is 12.5 Å². The van der Waals surface area contributed by atoms with Crippen LogP contribution in [0.25, 0.3) is 10.4 Å². The summed E-state index contributed by atoms with van der Waals surface area (Å²) in [4.78, 5) is 13.8. The van der Waals surface area contributed by atoms with Gasteiger partial charge in [-0.25, -0.2) is 0 Å². The number of hydrogen-bond donors (Lipinski definition) is 1. The van der Waals surface area contributed by atoms with Crippen LogP contribution in [-0.4, -0.2) is 11.9 Å². The standard InChI is InChI=1S/C10H9F3N4O/c1-6(16-17-14)9(18)15-8-5-3-2-4-7(8)10(11,12)13/h2-6H,1H3,(H,15,18). The number of amides is 1. The van der Waals surface area contributed by atoms with Crippen molar-refractivity contribution in [2.75, 3.05) is 5.32 Å². The van der Waals surface area contributed by atoms with Crippen LogP contribution in [0.4, 0.5) is 18.9 Å². The predicted octanol–water partition coefficient (Wildman–Crippen LogP) is 3.34. The number of nitrogens with one attached hydrogen (secondary N) is 1. The van der Waals surface area contributed by atoms with Gasteiger partial charge in [0.25, 0.3) is 0 Å². The minimum absolute atomic E-state index is 0.366. The Labute approximate surface area is 100 Å². The third-order valence-electron chi connectivity index (χ3n) is 2.09.